The van der Waals surface area contributed by atoms with Crippen molar-refractivity contribution >= 4 is 5.97 Å². The fourth-order valence-electron chi connectivity index (χ4n) is 0.281. The molecule has 0 unspecified atom stereocenters. The van der Waals surface area contributed by atoms with E-state index in [0.29, 0.717) is 0 Å². The summed E-state index contributed by atoms with van der Waals surface area (Å²) in [4.78, 5) is 9.60. The molecule has 0 aliphatic carbocycles. The molecule has 1 atom stereocenters. The van der Waals surface area contributed by atoms with Crippen molar-refractivity contribution < 1.29 is 28.2 Å². The van der Waals surface area contributed by atoms with E-state index in [1.54, 1.807) is 0 Å². The second-order valence-electron chi connectivity index (χ2n) is 1.66. The van der Waals surface area contributed by atoms with E-state index in [0.717, 1.165) is 0 Å². The first-order valence-corrected chi connectivity index (χ1v) is 2.30. The standard InChI is InChI=1S/C4H5F3O3/c5-4(6,7)2(8)1-3(9)10/h2,8H,1H2,(H,9,10)/t2-/m0/s1. The zero-order chi connectivity index (χ0) is 8.36. The number of alkyl halides is 3. The second-order valence-corrected chi connectivity index (χ2v) is 1.66. The molecular weight excluding hydrogens is 153 g/mol. The molecule has 0 fully saturated rings. The van der Waals surface area contributed by atoms with Gasteiger partial charge in [0.2, 0.25) is 0 Å². The molecule has 60 valence electrons. The minimum absolute atomic E-state index is 1.30. The van der Waals surface area contributed by atoms with Gasteiger partial charge in [-0.05, 0) is 0 Å². The van der Waals surface area contributed by atoms with E-state index >= 15 is 0 Å². The predicted molar refractivity (Wildman–Crippen MR) is 24.3 cm³/mol. The van der Waals surface area contributed by atoms with E-state index in [-0.39, 0.29) is 0 Å². The molecular formula is C4H5F3O3. The van der Waals surface area contributed by atoms with E-state index < -0.39 is 24.7 Å². The highest BCUT2D eigenvalue weighted by molar-refractivity contribution is 5.67. The van der Waals surface area contributed by atoms with Gasteiger partial charge in [0.05, 0.1) is 6.42 Å². The van der Waals surface area contributed by atoms with Crippen molar-refractivity contribution in [3.05, 3.63) is 0 Å². The Kier molecular flexibility index (Phi) is 2.65. The van der Waals surface area contributed by atoms with Gasteiger partial charge >= 0.3 is 12.1 Å². The molecule has 0 rings (SSSR count). The monoisotopic (exact) mass is 158 g/mol. The largest absolute Gasteiger partial charge is 0.481 e. The van der Waals surface area contributed by atoms with Crippen molar-refractivity contribution in [1.29, 1.82) is 0 Å². The third-order valence-corrected chi connectivity index (χ3v) is 0.746. The lowest BCUT2D eigenvalue weighted by atomic mass is 10.2. The molecule has 0 aromatic heterocycles. The maximum Gasteiger partial charge on any atom is 0.414 e. The summed E-state index contributed by atoms with van der Waals surface area (Å²) in [5, 5.41) is 15.8. The number of hydrogen-bond donors (Lipinski definition) is 2. The molecule has 2 N–H and O–H groups in total. The van der Waals surface area contributed by atoms with Crippen molar-refractivity contribution in [2.24, 2.45) is 0 Å². The Morgan fingerprint density at radius 3 is 2.00 bits per heavy atom. The fraction of sp³-hybridized carbons (Fsp3) is 0.750. The van der Waals surface area contributed by atoms with Gasteiger partial charge in [-0.3, -0.25) is 4.79 Å². The van der Waals surface area contributed by atoms with Gasteiger partial charge in [-0.1, -0.05) is 0 Å². The van der Waals surface area contributed by atoms with E-state index in [1.807, 2.05) is 0 Å². The maximum absolute atomic E-state index is 11.3. The van der Waals surface area contributed by atoms with Gasteiger partial charge in [0.1, 0.15) is 0 Å². The van der Waals surface area contributed by atoms with Crippen molar-refractivity contribution in [2.75, 3.05) is 0 Å². The number of carboxylic acid groups (broad SMARTS) is 1. The van der Waals surface area contributed by atoms with Crippen LogP contribution in [0.4, 0.5) is 13.2 Å². The fourth-order valence-corrected chi connectivity index (χ4v) is 0.281. The van der Waals surface area contributed by atoms with Crippen LogP contribution in [0, 0.1) is 0 Å². The number of rotatable bonds is 2. The van der Waals surface area contributed by atoms with Gasteiger partial charge in [-0.2, -0.15) is 13.2 Å². The van der Waals surface area contributed by atoms with Gasteiger partial charge in [-0.15, -0.1) is 0 Å². The van der Waals surface area contributed by atoms with Crippen LogP contribution in [0.1, 0.15) is 6.42 Å². The number of aliphatic hydroxyl groups excluding tert-OH is 1. The minimum Gasteiger partial charge on any atom is -0.481 e. The van der Waals surface area contributed by atoms with Crippen molar-refractivity contribution in [1.82, 2.24) is 0 Å². The van der Waals surface area contributed by atoms with Crippen molar-refractivity contribution in [2.45, 2.75) is 18.7 Å². The minimum atomic E-state index is -4.83. The van der Waals surface area contributed by atoms with Crippen LogP contribution in [0.25, 0.3) is 0 Å². The lowest BCUT2D eigenvalue weighted by Crippen LogP contribution is -2.30. The summed E-state index contributed by atoms with van der Waals surface area (Å²) in [6.07, 6.45) is -8.90. The number of halogens is 3. The van der Waals surface area contributed by atoms with E-state index in [2.05, 4.69) is 0 Å². The molecule has 0 aliphatic rings. The number of aliphatic carboxylic acids is 1. The highest BCUT2D eigenvalue weighted by Gasteiger charge is 2.39. The summed E-state index contributed by atoms with van der Waals surface area (Å²) in [6.45, 7) is 0. The molecule has 0 heterocycles. The van der Waals surface area contributed by atoms with Crippen LogP contribution in [0.5, 0.6) is 0 Å². The summed E-state index contributed by atoms with van der Waals surface area (Å²) < 4.78 is 33.9. The number of aliphatic hydroxyl groups is 1. The lowest BCUT2D eigenvalue weighted by Gasteiger charge is -2.10. The molecule has 0 saturated carbocycles. The van der Waals surface area contributed by atoms with Gasteiger partial charge in [0, 0.05) is 0 Å². The van der Waals surface area contributed by atoms with Crippen molar-refractivity contribution in [3.63, 3.8) is 0 Å². The molecule has 0 amide bonds. The quantitative estimate of drug-likeness (QED) is 0.610. The molecule has 0 bridgehead atoms. The van der Waals surface area contributed by atoms with Gasteiger partial charge in [-0.25, -0.2) is 0 Å². The predicted octanol–water partition coefficient (Wildman–Crippen LogP) is 0.384. The normalized spacial score (nSPS) is 14.8. The molecule has 0 radical (unpaired) electrons. The zero-order valence-electron chi connectivity index (χ0n) is 4.72. The third kappa shape index (κ3) is 3.29. The van der Waals surface area contributed by atoms with Crippen LogP contribution < -0.4 is 0 Å². The Morgan fingerprint density at radius 1 is 1.50 bits per heavy atom. The summed E-state index contributed by atoms with van der Waals surface area (Å²) in [7, 11) is 0. The summed E-state index contributed by atoms with van der Waals surface area (Å²) in [6, 6.07) is 0. The van der Waals surface area contributed by atoms with Crippen molar-refractivity contribution in [3.8, 4) is 0 Å². The zero-order valence-corrected chi connectivity index (χ0v) is 4.72. The first-order chi connectivity index (χ1) is 4.34. The third-order valence-electron chi connectivity index (χ3n) is 0.746. The molecule has 0 saturated heterocycles. The van der Waals surface area contributed by atoms with Gasteiger partial charge in [0.25, 0.3) is 0 Å². The maximum atomic E-state index is 11.3. The summed E-state index contributed by atoms with van der Waals surface area (Å²) >= 11 is 0. The summed E-state index contributed by atoms with van der Waals surface area (Å²) in [5.74, 6) is -1.68. The van der Waals surface area contributed by atoms with Crippen LogP contribution >= 0.6 is 0 Å². The highest BCUT2D eigenvalue weighted by atomic mass is 19.4. The van der Waals surface area contributed by atoms with E-state index in [4.69, 9.17) is 10.2 Å². The van der Waals surface area contributed by atoms with Gasteiger partial charge < -0.3 is 10.2 Å². The molecule has 3 nitrogen and oxygen atoms in total. The molecule has 10 heavy (non-hydrogen) atoms. The Morgan fingerprint density at radius 2 is 1.90 bits per heavy atom. The summed E-state index contributed by atoms with van der Waals surface area (Å²) in [5.41, 5.74) is 0. The smallest absolute Gasteiger partial charge is 0.414 e. The molecule has 6 heteroatoms. The van der Waals surface area contributed by atoms with E-state index in [1.165, 1.54) is 0 Å². The topological polar surface area (TPSA) is 57.5 Å². The average Bonchev–Trinajstić information content (AvgIpc) is 1.60. The SMILES string of the molecule is O=C(O)C[C@H](O)C(F)(F)F. The van der Waals surface area contributed by atoms with Gasteiger partial charge in [0.15, 0.2) is 6.10 Å². The Hall–Kier alpha value is -0.780. The lowest BCUT2D eigenvalue weighted by molar-refractivity contribution is -0.208. The van der Waals surface area contributed by atoms with Crippen LogP contribution in [-0.4, -0.2) is 28.5 Å². The number of carboxylic acids is 1. The van der Waals surface area contributed by atoms with Crippen LogP contribution in [0.15, 0.2) is 0 Å². The van der Waals surface area contributed by atoms with Crippen LogP contribution in [0.2, 0.25) is 0 Å². The molecule has 0 aromatic rings. The first kappa shape index (κ1) is 9.22. The molecule has 0 spiro atoms. The molecule has 0 aromatic carbocycles. The highest BCUT2D eigenvalue weighted by Crippen LogP contribution is 2.21. The number of hydrogen-bond acceptors (Lipinski definition) is 2. The average molecular weight is 158 g/mol. The first-order valence-electron chi connectivity index (χ1n) is 2.30. The van der Waals surface area contributed by atoms with Crippen LogP contribution in [-0.2, 0) is 4.79 Å². The van der Waals surface area contributed by atoms with E-state index in [9.17, 15) is 18.0 Å². The molecule has 0 aliphatic heterocycles. The van der Waals surface area contributed by atoms with Crippen LogP contribution in [0.3, 0.4) is 0 Å². The Labute approximate surface area is 54.1 Å². The Bertz CT molecular complexity index is 130. The number of carbonyl (C=O) groups is 1. The second kappa shape index (κ2) is 2.87. The Balaban J connectivity index is 3.85.